The Labute approximate surface area is 99.2 Å². The molecule has 0 spiro atoms. The molecular weight excluding hydrogens is 250 g/mol. The van der Waals surface area contributed by atoms with E-state index in [0.29, 0.717) is 5.92 Å². The summed E-state index contributed by atoms with van der Waals surface area (Å²) >= 11 is 3.52. The zero-order valence-electron chi connectivity index (χ0n) is 9.42. The zero-order valence-corrected chi connectivity index (χ0v) is 11.0. The van der Waals surface area contributed by atoms with Gasteiger partial charge in [-0.05, 0) is 36.6 Å². The predicted octanol–water partition coefficient (Wildman–Crippen LogP) is 4.37. The minimum atomic E-state index is 0.684. The van der Waals surface area contributed by atoms with Crippen LogP contribution in [0.4, 0.5) is 0 Å². The van der Waals surface area contributed by atoms with Gasteiger partial charge in [0.15, 0.2) is 0 Å². The SMILES string of the molecule is Cc1cn(CC(C)C)c2ccc(Br)cc12. The molecule has 2 aromatic rings. The molecule has 0 atom stereocenters. The molecule has 1 aromatic carbocycles. The first kappa shape index (κ1) is 10.7. The Morgan fingerprint density at radius 3 is 2.73 bits per heavy atom. The standard InChI is InChI=1S/C13H16BrN/c1-9(2)7-15-8-10(3)12-6-11(14)4-5-13(12)15/h4-6,8-9H,7H2,1-3H3. The fourth-order valence-corrected chi connectivity index (χ4v) is 2.35. The van der Waals surface area contributed by atoms with Gasteiger partial charge in [-0.25, -0.2) is 0 Å². The van der Waals surface area contributed by atoms with Crippen molar-refractivity contribution in [2.75, 3.05) is 0 Å². The van der Waals surface area contributed by atoms with Crippen molar-refractivity contribution in [3.05, 3.63) is 34.4 Å². The lowest BCUT2D eigenvalue weighted by Crippen LogP contribution is -2.02. The fraction of sp³-hybridized carbons (Fsp3) is 0.385. The van der Waals surface area contributed by atoms with E-state index in [9.17, 15) is 0 Å². The molecule has 1 aromatic heterocycles. The summed E-state index contributed by atoms with van der Waals surface area (Å²) in [4.78, 5) is 0. The normalized spacial score (nSPS) is 11.5. The van der Waals surface area contributed by atoms with E-state index in [1.54, 1.807) is 0 Å². The number of nitrogens with zero attached hydrogens (tertiary/aromatic N) is 1. The van der Waals surface area contributed by atoms with Gasteiger partial charge in [0.2, 0.25) is 0 Å². The van der Waals surface area contributed by atoms with Crippen LogP contribution in [0.1, 0.15) is 19.4 Å². The lowest BCUT2D eigenvalue weighted by molar-refractivity contribution is 0.535. The second kappa shape index (κ2) is 4.01. The number of hydrogen-bond acceptors (Lipinski definition) is 0. The first-order valence-corrected chi connectivity index (χ1v) is 6.12. The molecule has 0 aliphatic carbocycles. The summed E-state index contributed by atoms with van der Waals surface area (Å²) in [5, 5.41) is 1.35. The first-order valence-electron chi connectivity index (χ1n) is 5.33. The maximum atomic E-state index is 3.52. The van der Waals surface area contributed by atoms with Gasteiger partial charge >= 0.3 is 0 Å². The number of aromatic nitrogens is 1. The predicted molar refractivity (Wildman–Crippen MR) is 69.2 cm³/mol. The van der Waals surface area contributed by atoms with Crippen molar-refractivity contribution in [1.29, 1.82) is 0 Å². The largest absolute Gasteiger partial charge is 0.347 e. The summed E-state index contributed by atoms with van der Waals surface area (Å²) in [6, 6.07) is 6.49. The smallest absolute Gasteiger partial charge is 0.0483 e. The number of hydrogen-bond donors (Lipinski definition) is 0. The third-order valence-electron chi connectivity index (χ3n) is 2.60. The number of halogens is 1. The average Bonchev–Trinajstić information content (AvgIpc) is 2.42. The Balaban J connectivity index is 2.57. The summed E-state index contributed by atoms with van der Waals surface area (Å²) < 4.78 is 3.50. The second-order valence-corrected chi connectivity index (χ2v) is 5.44. The molecule has 2 heteroatoms. The van der Waals surface area contributed by atoms with Gasteiger partial charge in [-0.2, -0.15) is 0 Å². The minimum absolute atomic E-state index is 0.684. The molecule has 0 fully saturated rings. The van der Waals surface area contributed by atoms with Crippen molar-refractivity contribution in [2.24, 2.45) is 5.92 Å². The topological polar surface area (TPSA) is 4.93 Å². The molecule has 80 valence electrons. The Morgan fingerprint density at radius 1 is 1.33 bits per heavy atom. The van der Waals surface area contributed by atoms with Crippen molar-refractivity contribution in [2.45, 2.75) is 27.3 Å². The monoisotopic (exact) mass is 265 g/mol. The maximum absolute atomic E-state index is 3.52. The Kier molecular flexibility index (Phi) is 2.87. The quantitative estimate of drug-likeness (QED) is 0.760. The molecule has 15 heavy (non-hydrogen) atoms. The van der Waals surface area contributed by atoms with Crippen LogP contribution in [0.15, 0.2) is 28.9 Å². The van der Waals surface area contributed by atoms with E-state index >= 15 is 0 Å². The molecule has 0 unspecified atom stereocenters. The van der Waals surface area contributed by atoms with Crippen molar-refractivity contribution >= 4 is 26.8 Å². The second-order valence-electron chi connectivity index (χ2n) is 4.52. The summed E-state index contributed by atoms with van der Waals surface area (Å²) in [5.41, 5.74) is 2.69. The molecule has 1 nitrogen and oxygen atoms in total. The van der Waals surface area contributed by atoms with Crippen LogP contribution in [0.25, 0.3) is 10.9 Å². The van der Waals surface area contributed by atoms with Crippen molar-refractivity contribution in [3.63, 3.8) is 0 Å². The zero-order chi connectivity index (χ0) is 11.0. The summed E-state index contributed by atoms with van der Waals surface area (Å²) in [6.45, 7) is 7.76. The van der Waals surface area contributed by atoms with Gasteiger partial charge in [0.25, 0.3) is 0 Å². The highest BCUT2D eigenvalue weighted by Crippen LogP contribution is 2.25. The highest BCUT2D eigenvalue weighted by molar-refractivity contribution is 9.10. The van der Waals surface area contributed by atoms with Gasteiger partial charge in [0.1, 0.15) is 0 Å². The van der Waals surface area contributed by atoms with Gasteiger partial charge in [-0.3, -0.25) is 0 Å². The minimum Gasteiger partial charge on any atom is -0.347 e. The molecule has 0 amide bonds. The Morgan fingerprint density at radius 2 is 2.07 bits per heavy atom. The maximum Gasteiger partial charge on any atom is 0.0483 e. The van der Waals surface area contributed by atoms with Gasteiger partial charge in [-0.15, -0.1) is 0 Å². The average molecular weight is 266 g/mol. The number of rotatable bonds is 2. The van der Waals surface area contributed by atoms with E-state index < -0.39 is 0 Å². The third-order valence-corrected chi connectivity index (χ3v) is 3.10. The van der Waals surface area contributed by atoms with E-state index in [1.165, 1.54) is 16.5 Å². The third kappa shape index (κ3) is 2.10. The van der Waals surface area contributed by atoms with Crippen LogP contribution in [0.2, 0.25) is 0 Å². The van der Waals surface area contributed by atoms with Crippen molar-refractivity contribution in [1.82, 2.24) is 4.57 Å². The van der Waals surface area contributed by atoms with Crippen molar-refractivity contribution in [3.8, 4) is 0 Å². The number of aryl methyl sites for hydroxylation is 1. The summed E-state index contributed by atoms with van der Waals surface area (Å²) in [7, 11) is 0. The molecule has 0 aliphatic rings. The first-order chi connectivity index (χ1) is 7.08. The molecule has 0 aliphatic heterocycles. The Bertz CT molecular complexity index is 482. The van der Waals surface area contributed by atoms with Crippen molar-refractivity contribution < 1.29 is 0 Å². The van der Waals surface area contributed by atoms with Crippen LogP contribution in [0, 0.1) is 12.8 Å². The molecule has 2 rings (SSSR count). The highest BCUT2D eigenvalue weighted by atomic mass is 79.9. The van der Waals surface area contributed by atoms with Crippen LogP contribution in [-0.4, -0.2) is 4.57 Å². The van der Waals surface area contributed by atoms with Crippen LogP contribution in [0.5, 0.6) is 0 Å². The van der Waals surface area contributed by atoms with Crippen LogP contribution < -0.4 is 0 Å². The summed E-state index contributed by atoms with van der Waals surface area (Å²) in [5.74, 6) is 0.684. The van der Waals surface area contributed by atoms with Gasteiger partial charge < -0.3 is 4.57 Å². The molecular formula is C13H16BrN. The van der Waals surface area contributed by atoms with Gasteiger partial charge in [0.05, 0.1) is 0 Å². The number of fused-ring (bicyclic) bond motifs is 1. The number of benzene rings is 1. The van der Waals surface area contributed by atoms with Gasteiger partial charge in [-0.1, -0.05) is 29.8 Å². The lowest BCUT2D eigenvalue weighted by atomic mass is 10.2. The van der Waals surface area contributed by atoms with E-state index in [0.717, 1.165) is 11.0 Å². The van der Waals surface area contributed by atoms with E-state index in [-0.39, 0.29) is 0 Å². The highest BCUT2D eigenvalue weighted by Gasteiger charge is 2.06. The molecule has 0 N–H and O–H groups in total. The van der Waals surface area contributed by atoms with Crippen LogP contribution in [-0.2, 0) is 6.54 Å². The molecule has 0 saturated heterocycles. The van der Waals surface area contributed by atoms with E-state index in [4.69, 9.17) is 0 Å². The summed E-state index contributed by atoms with van der Waals surface area (Å²) in [6.07, 6.45) is 2.25. The van der Waals surface area contributed by atoms with Gasteiger partial charge in [0, 0.05) is 28.1 Å². The Hall–Kier alpha value is -0.760. The molecule has 0 radical (unpaired) electrons. The molecule has 0 bridgehead atoms. The van der Waals surface area contributed by atoms with E-state index in [2.05, 4.69) is 65.7 Å². The molecule has 0 saturated carbocycles. The molecule has 1 heterocycles. The van der Waals surface area contributed by atoms with E-state index in [1.807, 2.05) is 0 Å². The lowest BCUT2D eigenvalue weighted by Gasteiger charge is -2.07. The fourth-order valence-electron chi connectivity index (χ4n) is 1.99. The van der Waals surface area contributed by atoms with Crippen LogP contribution in [0.3, 0.4) is 0 Å². The van der Waals surface area contributed by atoms with Crippen LogP contribution >= 0.6 is 15.9 Å².